The summed E-state index contributed by atoms with van der Waals surface area (Å²) in [5.41, 5.74) is 7.82. The highest BCUT2D eigenvalue weighted by Crippen LogP contribution is 2.42. The molecular formula is C14H13N3O2S. The van der Waals surface area contributed by atoms with Gasteiger partial charge >= 0.3 is 0 Å². The molecule has 0 aliphatic carbocycles. The summed E-state index contributed by atoms with van der Waals surface area (Å²) in [4.78, 5) is 11.2. The molecule has 1 aromatic heterocycles. The van der Waals surface area contributed by atoms with E-state index in [9.17, 15) is 10.1 Å². The van der Waals surface area contributed by atoms with Crippen LogP contribution in [0.5, 0.6) is 5.75 Å². The summed E-state index contributed by atoms with van der Waals surface area (Å²) in [7, 11) is 1.59. The summed E-state index contributed by atoms with van der Waals surface area (Å²) in [6, 6.07) is 9.35. The zero-order chi connectivity index (χ0) is 14.7. The number of ether oxygens (including phenoxy) is 1. The standard InChI is InChI=1S/C14H13N3O2S/c1-8(18)17-14-11(7-15)12(13(16)20-14)9-3-5-10(19-2)6-4-9/h3-6H,16H2,1-2H3,(H,17,18). The molecule has 102 valence electrons. The molecule has 3 N–H and O–H groups in total. The average molecular weight is 287 g/mol. The smallest absolute Gasteiger partial charge is 0.221 e. The number of nitrogens with one attached hydrogen (secondary N) is 1. The first-order valence-corrected chi connectivity index (χ1v) is 6.62. The van der Waals surface area contributed by atoms with E-state index >= 15 is 0 Å². The summed E-state index contributed by atoms with van der Waals surface area (Å²) in [5.74, 6) is 0.493. The molecule has 1 aromatic carbocycles. The van der Waals surface area contributed by atoms with Crippen LogP contribution in [0.25, 0.3) is 11.1 Å². The van der Waals surface area contributed by atoms with E-state index in [-0.39, 0.29) is 5.91 Å². The number of hydrogen-bond acceptors (Lipinski definition) is 5. The molecule has 2 aromatic rings. The zero-order valence-corrected chi connectivity index (χ0v) is 11.9. The van der Waals surface area contributed by atoms with E-state index in [1.165, 1.54) is 18.3 Å². The van der Waals surface area contributed by atoms with Crippen LogP contribution in [0.4, 0.5) is 10.0 Å². The second-order valence-corrected chi connectivity index (χ2v) is 5.12. The Morgan fingerprint density at radius 1 is 1.40 bits per heavy atom. The van der Waals surface area contributed by atoms with Crippen LogP contribution >= 0.6 is 11.3 Å². The van der Waals surface area contributed by atoms with Gasteiger partial charge in [0.2, 0.25) is 5.91 Å². The molecule has 0 saturated heterocycles. The molecule has 0 saturated carbocycles. The minimum absolute atomic E-state index is 0.232. The maximum absolute atomic E-state index is 11.2. The Labute approximate surface area is 120 Å². The number of thiophene rings is 1. The lowest BCUT2D eigenvalue weighted by Gasteiger charge is -2.04. The van der Waals surface area contributed by atoms with Crippen molar-refractivity contribution in [2.45, 2.75) is 6.92 Å². The Kier molecular flexibility index (Phi) is 3.91. The van der Waals surface area contributed by atoms with Gasteiger partial charge in [-0.1, -0.05) is 23.5 Å². The van der Waals surface area contributed by atoms with Gasteiger partial charge in [0.25, 0.3) is 0 Å². The van der Waals surface area contributed by atoms with E-state index in [0.717, 1.165) is 11.3 Å². The Morgan fingerprint density at radius 3 is 2.55 bits per heavy atom. The lowest BCUT2D eigenvalue weighted by atomic mass is 10.0. The summed E-state index contributed by atoms with van der Waals surface area (Å²) in [6.45, 7) is 1.39. The van der Waals surface area contributed by atoms with Gasteiger partial charge in [-0.15, -0.1) is 0 Å². The normalized spacial score (nSPS) is 9.85. The topological polar surface area (TPSA) is 88.1 Å². The van der Waals surface area contributed by atoms with Gasteiger partial charge in [0.1, 0.15) is 16.8 Å². The van der Waals surface area contributed by atoms with Crippen LogP contribution in [0.1, 0.15) is 12.5 Å². The van der Waals surface area contributed by atoms with Gasteiger partial charge in [-0.25, -0.2) is 0 Å². The molecule has 20 heavy (non-hydrogen) atoms. The molecule has 0 spiro atoms. The predicted molar refractivity (Wildman–Crippen MR) is 79.7 cm³/mol. The Balaban J connectivity index is 2.52. The number of benzene rings is 1. The van der Waals surface area contributed by atoms with Crippen LogP contribution in [0.15, 0.2) is 24.3 Å². The highest BCUT2D eigenvalue weighted by atomic mass is 32.1. The molecule has 0 unspecified atom stereocenters. The molecule has 0 aliphatic heterocycles. The van der Waals surface area contributed by atoms with Crippen molar-refractivity contribution in [3.8, 4) is 22.9 Å². The summed E-state index contributed by atoms with van der Waals surface area (Å²) in [5, 5.41) is 12.9. The third-order valence-corrected chi connectivity index (χ3v) is 3.65. The lowest BCUT2D eigenvalue weighted by Crippen LogP contribution is -2.05. The molecule has 0 radical (unpaired) electrons. The maximum Gasteiger partial charge on any atom is 0.221 e. The van der Waals surface area contributed by atoms with E-state index in [2.05, 4.69) is 11.4 Å². The maximum atomic E-state index is 11.2. The van der Waals surface area contributed by atoms with E-state index in [4.69, 9.17) is 10.5 Å². The molecule has 0 bridgehead atoms. The molecule has 2 rings (SSSR count). The number of rotatable bonds is 3. The van der Waals surface area contributed by atoms with Gasteiger partial charge in [0.15, 0.2) is 0 Å². The first kappa shape index (κ1) is 13.9. The van der Waals surface area contributed by atoms with Gasteiger partial charge < -0.3 is 15.8 Å². The molecular weight excluding hydrogens is 274 g/mol. The SMILES string of the molecule is COc1ccc(-c2c(N)sc(NC(C)=O)c2C#N)cc1. The zero-order valence-electron chi connectivity index (χ0n) is 11.1. The fourth-order valence-corrected chi connectivity index (χ4v) is 2.83. The second kappa shape index (κ2) is 5.63. The van der Waals surface area contributed by atoms with Crippen LogP contribution in [0.2, 0.25) is 0 Å². The van der Waals surface area contributed by atoms with Crippen LogP contribution in [0.3, 0.4) is 0 Å². The third kappa shape index (κ3) is 2.58. The molecule has 0 aliphatic rings. The van der Waals surface area contributed by atoms with E-state index in [1.807, 2.05) is 12.1 Å². The van der Waals surface area contributed by atoms with Crippen molar-refractivity contribution < 1.29 is 9.53 Å². The van der Waals surface area contributed by atoms with Crippen molar-refractivity contribution in [1.82, 2.24) is 0 Å². The summed E-state index contributed by atoms with van der Waals surface area (Å²) in [6.07, 6.45) is 0. The van der Waals surface area contributed by atoms with Gasteiger partial charge in [0, 0.05) is 12.5 Å². The number of carbonyl (C=O) groups excluding carboxylic acids is 1. The van der Waals surface area contributed by atoms with Crippen molar-refractivity contribution in [3.05, 3.63) is 29.8 Å². The number of nitriles is 1. The molecule has 5 nitrogen and oxygen atoms in total. The number of nitrogens with two attached hydrogens (primary N) is 1. The van der Waals surface area contributed by atoms with Gasteiger partial charge in [0.05, 0.1) is 17.7 Å². The van der Waals surface area contributed by atoms with Crippen LogP contribution in [-0.2, 0) is 4.79 Å². The molecule has 0 atom stereocenters. The molecule has 1 amide bonds. The summed E-state index contributed by atoms with van der Waals surface area (Å²) < 4.78 is 5.10. The van der Waals surface area contributed by atoms with Crippen molar-refractivity contribution in [3.63, 3.8) is 0 Å². The quantitative estimate of drug-likeness (QED) is 0.908. The minimum Gasteiger partial charge on any atom is -0.497 e. The van der Waals surface area contributed by atoms with Crippen molar-refractivity contribution in [2.24, 2.45) is 0 Å². The van der Waals surface area contributed by atoms with Gasteiger partial charge in [-0.05, 0) is 17.7 Å². The lowest BCUT2D eigenvalue weighted by molar-refractivity contribution is -0.114. The average Bonchev–Trinajstić information content (AvgIpc) is 2.73. The number of hydrogen-bond donors (Lipinski definition) is 2. The summed E-state index contributed by atoms with van der Waals surface area (Å²) >= 11 is 1.19. The van der Waals surface area contributed by atoms with Crippen molar-refractivity contribution >= 4 is 27.2 Å². The van der Waals surface area contributed by atoms with Crippen LogP contribution in [-0.4, -0.2) is 13.0 Å². The number of nitrogens with zero attached hydrogens (tertiary/aromatic N) is 1. The molecule has 6 heteroatoms. The van der Waals surface area contributed by atoms with Crippen LogP contribution < -0.4 is 15.8 Å². The number of nitrogen functional groups attached to an aromatic ring is 1. The number of methoxy groups -OCH3 is 1. The minimum atomic E-state index is -0.232. The molecule has 0 fully saturated rings. The van der Waals surface area contributed by atoms with E-state index < -0.39 is 0 Å². The predicted octanol–water partition coefficient (Wildman–Crippen LogP) is 2.84. The van der Waals surface area contributed by atoms with E-state index in [0.29, 0.717) is 21.1 Å². The van der Waals surface area contributed by atoms with Gasteiger partial charge in [-0.2, -0.15) is 5.26 Å². The number of anilines is 2. The fourth-order valence-electron chi connectivity index (χ4n) is 1.85. The second-order valence-electron chi connectivity index (χ2n) is 4.07. The third-order valence-electron chi connectivity index (χ3n) is 2.72. The van der Waals surface area contributed by atoms with Crippen molar-refractivity contribution in [2.75, 3.05) is 18.2 Å². The Hall–Kier alpha value is -2.52. The van der Waals surface area contributed by atoms with E-state index in [1.54, 1.807) is 19.2 Å². The largest absolute Gasteiger partial charge is 0.497 e. The number of carbonyl (C=O) groups is 1. The van der Waals surface area contributed by atoms with Crippen LogP contribution in [0, 0.1) is 11.3 Å². The fraction of sp³-hybridized carbons (Fsp3) is 0.143. The Bertz CT molecular complexity index is 684. The highest BCUT2D eigenvalue weighted by Gasteiger charge is 2.18. The molecule has 1 heterocycles. The monoisotopic (exact) mass is 287 g/mol. The van der Waals surface area contributed by atoms with Crippen molar-refractivity contribution in [1.29, 1.82) is 5.26 Å². The van der Waals surface area contributed by atoms with Gasteiger partial charge in [-0.3, -0.25) is 4.79 Å². The Morgan fingerprint density at radius 2 is 2.05 bits per heavy atom. The first-order valence-electron chi connectivity index (χ1n) is 5.81. The number of amides is 1. The first-order chi connectivity index (χ1) is 9.56. The highest BCUT2D eigenvalue weighted by molar-refractivity contribution is 7.20.